The van der Waals surface area contributed by atoms with Gasteiger partial charge < -0.3 is 9.84 Å². The molecule has 2 aromatic carbocycles. The Hall–Kier alpha value is -1.55. The Morgan fingerprint density at radius 1 is 1.26 bits per heavy atom. The lowest BCUT2D eigenvalue weighted by molar-refractivity contribution is -0.140. The van der Waals surface area contributed by atoms with Crippen LogP contribution in [0.25, 0.3) is 10.8 Å². The van der Waals surface area contributed by atoms with E-state index in [1.165, 1.54) is 0 Å². The van der Waals surface area contributed by atoms with Crippen molar-refractivity contribution in [1.29, 1.82) is 0 Å². The Balaban J connectivity index is 2.25. The molecule has 1 N–H and O–H groups in total. The average Bonchev–Trinajstić information content (AvgIpc) is 3.18. The number of fused-ring (bicyclic) bond motifs is 1. The number of carboxylic acid groups (broad SMARTS) is 1. The summed E-state index contributed by atoms with van der Waals surface area (Å²) in [7, 11) is 1.58. The minimum atomic E-state index is -0.764. The Kier molecular flexibility index (Phi) is 2.78. The molecule has 19 heavy (non-hydrogen) atoms. The Morgan fingerprint density at radius 3 is 2.58 bits per heavy atom. The van der Waals surface area contributed by atoms with Crippen LogP contribution in [0, 0.1) is 0 Å². The van der Waals surface area contributed by atoms with E-state index in [1.54, 1.807) is 7.11 Å². The summed E-state index contributed by atoms with van der Waals surface area (Å²) in [5.41, 5.74) is 0.0371. The molecule has 0 atom stereocenters. The topological polar surface area (TPSA) is 46.5 Å². The SMILES string of the molecule is COc1cc2ccc(Br)cc2cc1C1(C(=O)O)CC1. The minimum Gasteiger partial charge on any atom is -0.496 e. The second-order valence-corrected chi connectivity index (χ2v) is 5.85. The van der Waals surface area contributed by atoms with Crippen molar-refractivity contribution in [3.63, 3.8) is 0 Å². The molecular weight excluding hydrogens is 308 g/mol. The first-order valence-electron chi connectivity index (χ1n) is 6.08. The molecule has 0 bridgehead atoms. The highest BCUT2D eigenvalue weighted by molar-refractivity contribution is 9.10. The van der Waals surface area contributed by atoms with E-state index in [0.717, 1.165) is 20.8 Å². The number of carbonyl (C=O) groups is 1. The Labute approximate surface area is 119 Å². The van der Waals surface area contributed by atoms with E-state index in [-0.39, 0.29) is 0 Å². The average molecular weight is 321 g/mol. The summed E-state index contributed by atoms with van der Waals surface area (Å²) in [4.78, 5) is 11.5. The van der Waals surface area contributed by atoms with E-state index in [0.29, 0.717) is 18.6 Å². The summed E-state index contributed by atoms with van der Waals surface area (Å²) < 4.78 is 6.37. The molecule has 0 unspecified atom stereocenters. The molecule has 0 aliphatic heterocycles. The maximum atomic E-state index is 11.5. The van der Waals surface area contributed by atoms with Gasteiger partial charge in [-0.3, -0.25) is 4.79 Å². The summed E-state index contributed by atoms with van der Waals surface area (Å²) in [6.07, 6.45) is 1.36. The van der Waals surface area contributed by atoms with E-state index < -0.39 is 11.4 Å². The molecular formula is C15H13BrO3. The molecule has 1 aliphatic rings. The van der Waals surface area contributed by atoms with Crippen molar-refractivity contribution in [2.75, 3.05) is 7.11 Å². The van der Waals surface area contributed by atoms with Crippen molar-refractivity contribution < 1.29 is 14.6 Å². The van der Waals surface area contributed by atoms with Crippen LogP contribution in [-0.4, -0.2) is 18.2 Å². The van der Waals surface area contributed by atoms with Crippen LogP contribution in [0.2, 0.25) is 0 Å². The van der Waals surface area contributed by atoms with Crippen molar-refractivity contribution in [3.05, 3.63) is 40.4 Å². The zero-order chi connectivity index (χ0) is 13.6. The van der Waals surface area contributed by atoms with Crippen LogP contribution in [-0.2, 0) is 10.2 Å². The minimum absolute atomic E-state index is 0.662. The van der Waals surface area contributed by atoms with E-state index in [1.807, 2.05) is 30.3 Å². The molecule has 0 saturated heterocycles. The molecule has 0 amide bonds. The van der Waals surface area contributed by atoms with Gasteiger partial charge in [0.15, 0.2) is 0 Å². The van der Waals surface area contributed by atoms with Gasteiger partial charge in [0.25, 0.3) is 0 Å². The fraction of sp³-hybridized carbons (Fsp3) is 0.267. The molecule has 4 heteroatoms. The van der Waals surface area contributed by atoms with Crippen LogP contribution in [0.15, 0.2) is 34.8 Å². The lowest BCUT2D eigenvalue weighted by Crippen LogP contribution is -2.20. The number of halogens is 1. The van der Waals surface area contributed by atoms with Crippen LogP contribution < -0.4 is 4.74 Å². The lowest BCUT2D eigenvalue weighted by atomic mass is 9.92. The zero-order valence-corrected chi connectivity index (χ0v) is 12.0. The summed E-state index contributed by atoms with van der Waals surface area (Å²) in [5, 5.41) is 11.5. The molecule has 1 aliphatic carbocycles. The lowest BCUT2D eigenvalue weighted by Gasteiger charge is -2.16. The summed E-state index contributed by atoms with van der Waals surface area (Å²) in [6, 6.07) is 9.81. The monoisotopic (exact) mass is 320 g/mol. The first-order valence-corrected chi connectivity index (χ1v) is 6.87. The van der Waals surface area contributed by atoms with Gasteiger partial charge in [-0.2, -0.15) is 0 Å². The van der Waals surface area contributed by atoms with Crippen LogP contribution in [0.1, 0.15) is 18.4 Å². The van der Waals surface area contributed by atoms with Gasteiger partial charge in [-0.15, -0.1) is 0 Å². The van der Waals surface area contributed by atoms with E-state index >= 15 is 0 Å². The van der Waals surface area contributed by atoms with Crippen LogP contribution in [0.5, 0.6) is 5.75 Å². The molecule has 2 aromatic rings. The van der Waals surface area contributed by atoms with Gasteiger partial charge in [0.05, 0.1) is 12.5 Å². The predicted octanol–water partition coefficient (Wildman–Crippen LogP) is 3.73. The van der Waals surface area contributed by atoms with E-state index in [2.05, 4.69) is 15.9 Å². The van der Waals surface area contributed by atoms with Crippen molar-refractivity contribution in [2.24, 2.45) is 0 Å². The molecule has 98 valence electrons. The van der Waals surface area contributed by atoms with E-state index in [4.69, 9.17) is 4.74 Å². The number of carboxylic acids is 1. The highest BCUT2D eigenvalue weighted by Crippen LogP contribution is 2.52. The quantitative estimate of drug-likeness (QED) is 0.937. The predicted molar refractivity (Wildman–Crippen MR) is 76.7 cm³/mol. The standard InChI is InChI=1S/C15H13BrO3/c1-19-13-8-9-2-3-11(16)6-10(9)7-12(13)15(4-5-15)14(17)18/h2-3,6-8H,4-5H2,1H3,(H,17,18). The molecule has 0 spiro atoms. The molecule has 0 heterocycles. The van der Waals surface area contributed by atoms with Crippen LogP contribution >= 0.6 is 15.9 Å². The first kappa shape index (κ1) is 12.5. The number of hydrogen-bond donors (Lipinski definition) is 1. The third-order valence-corrected chi connectivity index (χ3v) is 4.29. The Morgan fingerprint density at radius 2 is 2.00 bits per heavy atom. The summed E-state index contributed by atoms with van der Waals surface area (Å²) in [6.45, 7) is 0. The third-order valence-electron chi connectivity index (χ3n) is 3.80. The van der Waals surface area contributed by atoms with Crippen molar-refractivity contribution in [2.45, 2.75) is 18.3 Å². The second kappa shape index (κ2) is 4.23. The summed E-state index contributed by atoms with van der Waals surface area (Å²) >= 11 is 3.44. The van der Waals surface area contributed by atoms with Gasteiger partial charge in [-0.1, -0.05) is 22.0 Å². The number of hydrogen-bond acceptors (Lipinski definition) is 2. The number of methoxy groups -OCH3 is 1. The van der Waals surface area contributed by atoms with Gasteiger partial charge in [0.1, 0.15) is 5.75 Å². The van der Waals surface area contributed by atoms with Crippen molar-refractivity contribution >= 4 is 32.7 Å². The van der Waals surface area contributed by atoms with Gasteiger partial charge >= 0.3 is 5.97 Å². The Bertz CT molecular complexity index is 674. The first-order chi connectivity index (χ1) is 9.06. The van der Waals surface area contributed by atoms with Crippen molar-refractivity contribution in [3.8, 4) is 5.75 Å². The maximum Gasteiger partial charge on any atom is 0.314 e. The number of benzene rings is 2. The van der Waals surface area contributed by atoms with Gasteiger partial charge in [0, 0.05) is 10.0 Å². The normalized spacial score (nSPS) is 16.3. The highest BCUT2D eigenvalue weighted by atomic mass is 79.9. The number of ether oxygens (including phenoxy) is 1. The fourth-order valence-electron chi connectivity index (χ4n) is 2.51. The molecule has 0 radical (unpaired) electrons. The molecule has 3 rings (SSSR count). The third kappa shape index (κ3) is 1.91. The zero-order valence-electron chi connectivity index (χ0n) is 10.4. The second-order valence-electron chi connectivity index (χ2n) is 4.93. The smallest absolute Gasteiger partial charge is 0.314 e. The van der Waals surface area contributed by atoms with Gasteiger partial charge in [-0.25, -0.2) is 0 Å². The summed E-state index contributed by atoms with van der Waals surface area (Å²) in [5.74, 6) is -0.102. The molecule has 0 aromatic heterocycles. The molecule has 1 fully saturated rings. The molecule has 1 saturated carbocycles. The van der Waals surface area contributed by atoms with Gasteiger partial charge in [-0.05, 0) is 47.9 Å². The number of rotatable bonds is 3. The largest absolute Gasteiger partial charge is 0.496 e. The van der Waals surface area contributed by atoms with Gasteiger partial charge in [0.2, 0.25) is 0 Å². The fourth-order valence-corrected chi connectivity index (χ4v) is 2.89. The van der Waals surface area contributed by atoms with Crippen molar-refractivity contribution in [1.82, 2.24) is 0 Å². The van der Waals surface area contributed by atoms with Crippen LogP contribution in [0.3, 0.4) is 0 Å². The van der Waals surface area contributed by atoms with E-state index in [9.17, 15) is 9.90 Å². The van der Waals surface area contributed by atoms with Crippen LogP contribution in [0.4, 0.5) is 0 Å². The molecule has 3 nitrogen and oxygen atoms in total. The highest BCUT2D eigenvalue weighted by Gasteiger charge is 2.53. The maximum absolute atomic E-state index is 11.5. The number of aliphatic carboxylic acids is 1.